The van der Waals surface area contributed by atoms with Gasteiger partial charge in [-0.25, -0.2) is 0 Å². The molecular formula is C13H18NO3. The van der Waals surface area contributed by atoms with Crippen molar-refractivity contribution in [2.75, 3.05) is 33.0 Å². The SMILES string of the molecule is C#CCOCC(C)(COCC#C)C(=O)NC[CH2]. The zero-order valence-electron chi connectivity index (χ0n) is 10.1. The van der Waals surface area contributed by atoms with E-state index in [2.05, 4.69) is 24.1 Å². The maximum absolute atomic E-state index is 11.8. The summed E-state index contributed by atoms with van der Waals surface area (Å²) in [6.07, 6.45) is 10.1. The van der Waals surface area contributed by atoms with Crippen LogP contribution in [-0.2, 0) is 14.3 Å². The van der Waals surface area contributed by atoms with Gasteiger partial charge in [0, 0.05) is 6.54 Å². The molecule has 0 fully saturated rings. The number of terminal acetylenes is 2. The summed E-state index contributed by atoms with van der Waals surface area (Å²) in [6, 6.07) is 0. The van der Waals surface area contributed by atoms with Crippen molar-refractivity contribution < 1.29 is 14.3 Å². The summed E-state index contributed by atoms with van der Waals surface area (Å²) in [4.78, 5) is 11.8. The Morgan fingerprint density at radius 2 is 1.76 bits per heavy atom. The van der Waals surface area contributed by atoms with E-state index in [1.54, 1.807) is 6.92 Å². The highest BCUT2D eigenvalue weighted by molar-refractivity contribution is 5.82. The second-order valence-electron chi connectivity index (χ2n) is 3.71. The van der Waals surface area contributed by atoms with Crippen LogP contribution in [0, 0.1) is 37.0 Å². The molecule has 0 saturated heterocycles. The molecule has 0 bridgehead atoms. The van der Waals surface area contributed by atoms with Crippen LogP contribution in [0.15, 0.2) is 0 Å². The molecule has 0 saturated carbocycles. The predicted molar refractivity (Wildman–Crippen MR) is 65.8 cm³/mol. The average molecular weight is 236 g/mol. The quantitative estimate of drug-likeness (QED) is 0.485. The van der Waals surface area contributed by atoms with E-state index >= 15 is 0 Å². The molecule has 0 rings (SSSR count). The lowest BCUT2D eigenvalue weighted by atomic mass is 9.91. The van der Waals surface area contributed by atoms with Gasteiger partial charge in [-0.3, -0.25) is 4.79 Å². The maximum Gasteiger partial charge on any atom is 0.230 e. The molecule has 1 amide bonds. The Bertz CT molecular complexity index is 292. The van der Waals surface area contributed by atoms with Crippen LogP contribution in [0.2, 0.25) is 0 Å². The summed E-state index contributed by atoms with van der Waals surface area (Å²) in [5.74, 6) is 4.49. The summed E-state index contributed by atoms with van der Waals surface area (Å²) in [5.41, 5.74) is -0.814. The van der Waals surface area contributed by atoms with Crippen LogP contribution in [0.25, 0.3) is 0 Å². The summed E-state index contributed by atoms with van der Waals surface area (Å²) >= 11 is 0. The van der Waals surface area contributed by atoms with Gasteiger partial charge >= 0.3 is 0 Å². The van der Waals surface area contributed by atoms with E-state index in [9.17, 15) is 4.79 Å². The standard InChI is InChI=1S/C13H18NO3/c1-5-8-16-10-13(4,11-17-9-6-2)12(15)14-7-3/h1-2H,3,7-11H2,4H3,(H,14,15). The van der Waals surface area contributed by atoms with Crippen LogP contribution in [0.4, 0.5) is 0 Å². The lowest BCUT2D eigenvalue weighted by Crippen LogP contribution is -2.45. The molecule has 4 heteroatoms. The fraction of sp³-hybridized carbons (Fsp3) is 0.538. The van der Waals surface area contributed by atoms with Gasteiger partial charge in [0.1, 0.15) is 13.2 Å². The fourth-order valence-electron chi connectivity index (χ4n) is 1.17. The molecule has 17 heavy (non-hydrogen) atoms. The number of nitrogens with one attached hydrogen (secondary N) is 1. The van der Waals surface area contributed by atoms with E-state index in [0.717, 1.165) is 0 Å². The number of carbonyl (C=O) groups is 1. The van der Waals surface area contributed by atoms with Crippen molar-refractivity contribution in [3.63, 3.8) is 0 Å². The highest BCUT2D eigenvalue weighted by Crippen LogP contribution is 2.17. The molecule has 0 aliphatic rings. The summed E-state index contributed by atoms with van der Waals surface area (Å²) < 4.78 is 10.4. The largest absolute Gasteiger partial charge is 0.368 e. The predicted octanol–water partition coefficient (Wildman–Crippen LogP) is 0.243. The van der Waals surface area contributed by atoms with Gasteiger partial charge < -0.3 is 14.8 Å². The third-order valence-corrected chi connectivity index (χ3v) is 2.05. The molecule has 93 valence electrons. The first-order chi connectivity index (χ1) is 8.10. The van der Waals surface area contributed by atoms with Crippen LogP contribution in [0.5, 0.6) is 0 Å². The molecule has 0 aromatic heterocycles. The van der Waals surface area contributed by atoms with Crippen molar-refractivity contribution in [2.24, 2.45) is 5.41 Å². The topological polar surface area (TPSA) is 47.6 Å². The van der Waals surface area contributed by atoms with E-state index in [1.165, 1.54) is 0 Å². The van der Waals surface area contributed by atoms with Gasteiger partial charge in [-0.15, -0.1) is 12.8 Å². The molecule has 1 radical (unpaired) electrons. The number of hydrogen-bond donors (Lipinski definition) is 1. The normalized spacial score (nSPS) is 10.4. The fourth-order valence-corrected chi connectivity index (χ4v) is 1.17. The molecule has 0 unspecified atom stereocenters. The van der Waals surface area contributed by atoms with Crippen LogP contribution in [0.3, 0.4) is 0 Å². The monoisotopic (exact) mass is 236 g/mol. The van der Waals surface area contributed by atoms with Gasteiger partial charge in [0.05, 0.1) is 18.6 Å². The van der Waals surface area contributed by atoms with Crippen molar-refractivity contribution in [3.8, 4) is 24.7 Å². The first kappa shape index (κ1) is 15.5. The third-order valence-electron chi connectivity index (χ3n) is 2.05. The minimum absolute atomic E-state index is 0.155. The molecule has 0 heterocycles. The number of amides is 1. The minimum atomic E-state index is -0.814. The van der Waals surface area contributed by atoms with Gasteiger partial charge in [0.25, 0.3) is 0 Å². The van der Waals surface area contributed by atoms with Crippen molar-refractivity contribution in [1.82, 2.24) is 5.32 Å². The van der Waals surface area contributed by atoms with Gasteiger partial charge in [-0.2, -0.15) is 0 Å². The van der Waals surface area contributed by atoms with Gasteiger partial charge in [0.2, 0.25) is 5.91 Å². The zero-order chi connectivity index (χ0) is 13.1. The smallest absolute Gasteiger partial charge is 0.230 e. The molecule has 0 aromatic rings. The van der Waals surface area contributed by atoms with Crippen LogP contribution < -0.4 is 5.32 Å². The summed E-state index contributed by atoms with van der Waals surface area (Å²) in [7, 11) is 0. The first-order valence-corrected chi connectivity index (χ1v) is 5.20. The molecule has 1 N–H and O–H groups in total. The van der Waals surface area contributed by atoms with E-state index in [1.807, 2.05) is 0 Å². The lowest BCUT2D eigenvalue weighted by molar-refractivity contribution is -0.137. The number of carbonyl (C=O) groups excluding carboxylic acids is 1. The zero-order valence-corrected chi connectivity index (χ0v) is 10.1. The molecule has 0 aliphatic carbocycles. The Morgan fingerprint density at radius 3 is 2.12 bits per heavy atom. The second kappa shape index (κ2) is 8.64. The Labute approximate surface area is 103 Å². The van der Waals surface area contributed by atoms with Crippen LogP contribution in [-0.4, -0.2) is 38.9 Å². The summed E-state index contributed by atoms with van der Waals surface area (Å²) in [5, 5.41) is 2.63. The third kappa shape index (κ3) is 5.97. The van der Waals surface area contributed by atoms with E-state index in [-0.39, 0.29) is 32.3 Å². The molecule has 4 nitrogen and oxygen atoms in total. The van der Waals surface area contributed by atoms with Crippen LogP contribution >= 0.6 is 0 Å². The second-order valence-corrected chi connectivity index (χ2v) is 3.71. The average Bonchev–Trinajstić information content (AvgIpc) is 2.30. The molecular weight excluding hydrogens is 218 g/mol. The number of ether oxygens (including phenoxy) is 2. The van der Waals surface area contributed by atoms with Crippen LogP contribution in [0.1, 0.15) is 6.92 Å². The first-order valence-electron chi connectivity index (χ1n) is 5.20. The molecule has 0 spiro atoms. The number of rotatable bonds is 8. The maximum atomic E-state index is 11.8. The Balaban J connectivity index is 4.40. The Kier molecular flexibility index (Phi) is 7.88. The van der Waals surface area contributed by atoms with E-state index < -0.39 is 5.41 Å². The highest BCUT2D eigenvalue weighted by atomic mass is 16.5. The summed E-state index contributed by atoms with van der Waals surface area (Å²) in [6.45, 7) is 6.24. The van der Waals surface area contributed by atoms with Crippen molar-refractivity contribution in [2.45, 2.75) is 6.92 Å². The Hall–Kier alpha value is -1.49. The van der Waals surface area contributed by atoms with Gasteiger partial charge in [-0.05, 0) is 13.8 Å². The van der Waals surface area contributed by atoms with Crippen molar-refractivity contribution >= 4 is 5.91 Å². The van der Waals surface area contributed by atoms with Gasteiger partial charge in [0.15, 0.2) is 0 Å². The molecule has 0 aromatic carbocycles. The molecule has 0 aliphatic heterocycles. The Morgan fingerprint density at radius 1 is 1.29 bits per heavy atom. The van der Waals surface area contributed by atoms with Crippen molar-refractivity contribution in [3.05, 3.63) is 6.92 Å². The van der Waals surface area contributed by atoms with E-state index in [4.69, 9.17) is 22.3 Å². The van der Waals surface area contributed by atoms with Gasteiger partial charge in [-0.1, -0.05) is 11.8 Å². The minimum Gasteiger partial charge on any atom is -0.368 e. The molecule has 0 atom stereocenters. The highest BCUT2D eigenvalue weighted by Gasteiger charge is 2.33. The van der Waals surface area contributed by atoms with E-state index in [0.29, 0.717) is 6.54 Å². The van der Waals surface area contributed by atoms with Crippen molar-refractivity contribution in [1.29, 1.82) is 0 Å². The number of hydrogen-bond acceptors (Lipinski definition) is 3. The lowest BCUT2D eigenvalue weighted by Gasteiger charge is -2.27.